The summed E-state index contributed by atoms with van der Waals surface area (Å²) in [6, 6.07) is 7.77. The molecule has 1 unspecified atom stereocenters. The molecule has 0 spiro atoms. The van der Waals surface area contributed by atoms with Crippen LogP contribution >= 0.6 is 0 Å². The van der Waals surface area contributed by atoms with Gasteiger partial charge in [0.05, 0.1) is 12.6 Å². The summed E-state index contributed by atoms with van der Waals surface area (Å²) in [6.07, 6.45) is -0.520. The maximum absolute atomic E-state index is 11.3. The number of carbonyl (C=O) groups is 1. The molecule has 1 aromatic carbocycles. The van der Waals surface area contributed by atoms with Crippen molar-refractivity contribution in [3.05, 3.63) is 29.8 Å². The number of rotatable bonds is 6. The lowest BCUT2D eigenvalue weighted by atomic mass is 10.2. The molecule has 4 heteroatoms. The Hall–Kier alpha value is -1.55. The molecule has 18 heavy (non-hydrogen) atoms. The minimum atomic E-state index is -0.520. The highest BCUT2D eigenvalue weighted by Crippen LogP contribution is 2.11. The van der Waals surface area contributed by atoms with E-state index >= 15 is 0 Å². The Morgan fingerprint density at radius 2 is 2.00 bits per heavy atom. The second kappa shape index (κ2) is 7.01. The molecule has 0 heterocycles. The van der Waals surface area contributed by atoms with Crippen LogP contribution in [0.1, 0.15) is 19.4 Å². The summed E-state index contributed by atoms with van der Waals surface area (Å²) >= 11 is 0. The van der Waals surface area contributed by atoms with Crippen molar-refractivity contribution in [1.82, 2.24) is 4.90 Å². The van der Waals surface area contributed by atoms with Crippen LogP contribution < -0.4 is 4.74 Å². The smallest absolute Gasteiger partial charge is 0.219 e. The molecule has 0 aromatic heterocycles. The minimum absolute atomic E-state index is 0.0524. The highest BCUT2D eigenvalue weighted by atomic mass is 16.5. The maximum Gasteiger partial charge on any atom is 0.219 e. The van der Waals surface area contributed by atoms with Crippen LogP contribution in [0.15, 0.2) is 24.3 Å². The number of hydrogen-bond acceptors (Lipinski definition) is 3. The zero-order valence-corrected chi connectivity index (χ0v) is 11.2. The number of amides is 1. The van der Waals surface area contributed by atoms with E-state index in [4.69, 9.17) is 4.74 Å². The average molecular weight is 251 g/mol. The fourth-order valence-electron chi connectivity index (χ4n) is 1.60. The monoisotopic (exact) mass is 251 g/mol. The van der Waals surface area contributed by atoms with E-state index in [1.54, 1.807) is 11.8 Å². The Bertz CT molecular complexity index is 373. The lowest BCUT2D eigenvalue weighted by Gasteiger charge is -2.22. The van der Waals surface area contributed by atoms with Gasteiger partial charge in [0, 0.05) is 13.5 Å². The second-order valence-electron chi connectivity index (χ2n) is 4.48. The topological polar surface area (TPSA) is 49.8 Å². The van der Waals surface area contributed by atoms with E-state index < -0.39 is 6.10 Å². The summed E-state index contributed by atoms with van der Waals surface area (Å²) in [7, 11) is 0. The van der Waals surface area contributed by atoms with Gasteiger partial charge in [-0.2, -0.15) is 0 Å². The standard InChI is InChI=1S/C14H21NO3/c1-11-4-6-14(7-5-11)18-9-8-15(13(3)17)10-12(2)16/h4-7,12,16H,8-10H2,1-3H3. The van der Waals surface area contributed by atoms with Gasteiger partial charge in [0.25, 0.3) is 0 Å². The van der Waals surface area contributed by atoms with E-state index in [2.05, 4.69) is 0 Å². The third-order valence-electron chi connectivity index (χ3n) is 2.58. The van der Waals surface area contributed by atoms with E-state index in [1.807, 2.05) is 31.2 Å². The zero-order chi connectivity index (χ0) is 13.5. The third-order valence-corrected chi connectivity index (χ3v) is 2.58. The number of carbonyl (C=O) groups excluding carboxylic acids is 1. The summed E-state index contributed by atoms with van der Waals surface area (Å²) in [5, 5.41) is 9.28. The lowest BCUT2D eigenvalue weighted by Crippen LogP contribution is -2.37. The fraction of sp³-hybridized carbons (Fsp3) is 0.500. The number of hydrogen-bond donors (Lipinski definition) is 1. The first kappa shape index (κ1) is 14.5. The minimum Gasteiger partial charge on any atom is -0.492 e. The Labute approximate surface area is 108 Å². The van der Waals surface area contributed by atoms with Gasteiger partial charge in [0.1, 0.15) is 12.4 Å². The number of ether oxygens (including phenoxy) is 1. The number of aryl methyl sites for hydroxylation is 1. The zero-order valence-electron chi connectivity index (χ0n) is 11.2. The number of aliphatic hydroxyl groups is 1. The van der Waals surface area contributed by atoms with Crippen molar-refractivity contribution in [1.29, 1.82) is 0 Å². The molecule has 1 rings (SSSR count). The van der Waals surface area contributed by atoms with Crippen LogP contribution in [0.25, 0.3) is 0 Å². The van der Waals surface area contributed by atoms with Crippen LogP contribution in [0.5, 0.6) is 5.75 Å². The van der Waals surface area contributed by atoms with Crippen molar-refractivity contribution in [2.45, 2.75) is 26.9 Å². The van der Waals surface area contributed by atoms with Crippen LogP contribution in [0, 0.1) is 6.92 Å². The Kier molecular flexibility index (Phi) is 5.65. The quantitative estimate of drug-likeness (QED) is 0.835. The molecule has 1 N–H and O–H groups in total. The van der Waals surface area contributed by atoms with Crippen molar-refractivity contribution in [3.63, 3.8) is 0 Å². The molecule has 1 amide bonds. The average Bonchev–Trinajstić information content (AvgIpc) is 2.29. The molecule has 0 saturated carbocycles. The number of benzene rings is 1. The largest absolute Gasteiger partial charge is 0.492 e. The van der Waals surface area contributed by atoms with E-state index in [0.29, 0.717) is 19.7 Å². The molecule has 100 valence electrons. The van der Waals surface area contributed by atoms with Gasteiger partial charge in [0.15, 0.2) is 0 Å². The molecule has 0 saturated heterocycles. The number of aliphatic hydroxyl groups excluding tert-OH is 1. The van der Waals surface area contributed by atoms with Gasteiger partial charge in [-0.1, -0.05) is 17.7 Å². The summed E-state index contributed by atoms with van der Waals surface area (Å²) in [6.45, 7) is 6.42. The van der Waals surface area contributed by atoms with E-state index in [-0.39, 0.29) is 5.91 Å². The first-order valence-corrected chi connectivity index (χ1v) is 6.12. The van der Waals surface area contributed by atoms with Crippen molar-refractivity contribution in [3.8, 4) is 5.75 Å². The van der Waals surface area contributed by atoms with Gasteiger partial charge >= 0.3 is 0 Å². The van der Waals surface area contributed by atoms with Crippen LogP contribution in [0.3, 0.4) is 0 Å². The van der Waals surface area contributed by atoms with Gasteiger partial charge in [0.2, 0.25) is 5.91 Å². The van der Waals surface area contributed by atoms with Crippen molar-refractivity contribution in [2.24, 2.45) is 0 Å². The van der Waals surface area contributed by atoms with Gasteiger partial charge < -0.3 is 14.7 Å². The van der Waals surface area contributed by atoms with Gasteiger partial charge in [-0.15, -0.1) is 0 Å². The van der Waals surface area contributed by atoms with Gasteiger partial charge in [-0.25, -0.2) is 0 Å². The van der Waals surface area contributed by atoms with Crippen molar-refractivity contribution < 1.29 is 14.6 Å². The molecule has 0 radical (unpaired) electrons. The molecule has 1 aromatic rings. The van der Waals surface area contributed by atoms with Gasteiger partial charge in [-0.3, -0.25) is 4.79 Å². The highest BCUT2D eigenvalue weighted by molar-refractivity contribution is 5.73. The summed E-state index contributed by atoms with van der Waals surface area (Å²) in [5.74, 6) is 0.740. The molecular weight excluding hydrogens is 230 g/mol. The number of nitrogens with zero attached hydrogens (tertiary/aromatic N) is 1. The van der Waals surface area contributed by atoms with Crippen molar-refractivity contribution >= 4 is 5.91 Å². The molecule has 0 aliphatic carbocycles. The fourth-order valence-corrected chi connectivity index (χ4v) is 1.60. The van der Waals surface area contributed by atoms with Crippen LogP contribution in [-0.2, 0) is 4.79 Å². The summed E-state index contributed by atoms with van der Waals surface area (Å²) in [5.41, 5.74) is 1.18. The molecule has 4 nitrogen and oxygen atoms in total. The highest BCUT2D eigenvalue weighted by Gasteiger charge is 2.11. The third kappa shape index (κ3) is 5.19. The van der Waals surface area contributed by atoms with Crippen LogP contribution in [0.4, 0.5) is 0 Å². The summed E-state index contributed by atoms with van der Waals surface area (Å²) < 4.78 is 5.55. The Morgan fingerprint density at radius 1 is 1.39 bits per heavy atom. The molecule has 1 atom stereocenters. The van der Waals surface area contributed by atoms with Crippen LogP contribution in [-0.4, -0.2) is 41.7 Å². The summed E-state index contributed by atoms with van der Waals surface area (Å²) in [4.78, 5) is 12.9. The molecule has 0 aliphatic heterocycles. The molecule has 0 bridgehead atoms. The second-order valence-corrected chi connectivity index (χ2v) is 4.48. The SMILES string of the molecule is CC(=O)N(CCOc1ccc(C)cc1)CC(C)O. The normalized spacial score (nSPS) is 12.0. The van der Waals surface area contributed by atoms with Crippen LogP contribution in [0.2, 0.25) is 0 Å². The van der Waals surface area contributed by atoms with Gasteiger partial charge in [-0.05, 0) is 26.0 Å². The van der Waals surface area contributed by atoms with E-state index in [9.17, 15) is 9.90 Å². The lowest BCUT2D eigenvalue weighted by molar-refractivity contribution is -0.130. The molecule has 0 fully saturated rings. The first-order valence-electron chi connectivity index (χ1n) is 6.12. The predicted octanol–water partition coefficient (Wildman–Crippen LogP) is 1.60. The predicted molar refractivity (Wildman–Crippen MR) is 70.6 cm³/mol. The van der Waals surface area contributed by atoms with Crippen molar-refractivity contribution in [2.75, 3.05) is 19.7 Å². The molecule has 0 aliphatic rings. The van der Waals surface area contributed by atoms with E-state index in [0.717, 1.165) is 5.75 Å². The maximum atomic E-state index is 11.3. The molecular formula is C14H21NO3. The Morgan fingerprint density at radius 3 is 2.50 bits per heavy atom. The van der Waals surface area contributed by atoms with E-state index in [1.165, 1.54) is 12.5 Å². The first-order chi connectivity index (χ1) is 8.49. The Balaban J connectivity index is 2.38.